The van der Waals surface area contributed by atoms with E-state index in [9.17, 15) is 35.9 Å². The second kappa shape index (κ2) is 15.9. The van der Waals surface area contributed by atoms with E-state index in [1.165, 1.54) is 30.6 Å². The average molecular weight is 770 g/mol. The molecule has 19 heteroatoms. The topological polar surface area (TPSA) is 143 Å². The molecule has 3 aromatic rings. The quantitative estimate of drug-likeness (QED) is 0.0570. The van der Waals surface area contributed by atoms with Gasteiger partial charge in [-0.05, 0) is 61.2 Å². The number of alkyl halides is 6. The summed E-state index contributed by atoms with van der Waals surface area (Å²) in [4.78, 5) is 36.7. The predicted molar refractivity (Wildman–Crippen MR) is 188 cm³/mol. The normalized spacial score (nSPS) is 17.2. The highest BCUT2D eigenvalue weighted by Crippen LogP contribution is 2.45. The van der Waals surface area contributed by atoms with Crippen LogP contribution < -0.4 is 16.1 Å². The Hall–Kier alpha value is -5.13. The Morgan fingerprint density at radius 2 is 1.75 bits per heavy atom. The number of ether oxygens (including phenoxy) is 1. The van der Waals surface area contributed by atoms with Crippen molar-refractivity contribution in [2.24, 2.45) is 26.2 Å². The van der Waals surface area contributed by atoms with Crippen molar-refractivity contribution in [3.63, 3.8) is 0 Å². The molecule has 2 aromatic carbocycles. The largest absolute Gasteiger partial charge is 0.447 e. The van der Waals surface area contributed by atoms with Gasteiger partial charge in [0.15, 0.2) is 11.5 Å². The lowest BCUT2D eigenvalue weighted by atomic mass is 9.75. The van der Waals surface area contributed by atoms with E-state index >= 15 is 0 Å². The Balaban J connectivity index is 1.82. The maximum atomic E-state index is 14.8. The number of carbonyl (C=O) groups excluding carboxylic acids is 2. The van der Waals surface area contributed by atoms with Crippen LogP contribution in [0.25, 0.3) is 11.1 Å². The van der Waals surface area contributed by atoms with Crippen LogP contribution in [0.15, 0.2) is 69.9 Å². The molecular formula is C34H38ClF6N9O3. The van der Waals surface area contributed by atoms with Crippen molar-refractivity contribution in [1.82, 2.24) is 20.0 Å². The SMILES string of the molecule is C=N/C=N\N(c1cc([C@@H](COC(=O)NC(C)(C)C(F)F)N2C(=O)[C@@](CC(C)(C)C)(c3ccc(-c4cnn(C(F)F)c4)cc3)N=C2N)ccc1Cl)C(F)F. The summed E-state index contributed by atoms with van der Waals surface area (Å²) in [5, 5.41) is 9.37. The number of hydrazone groups is 1. The first-order valence-electron chi connectivity index (χ1n) is 15.9. The molecule has 0 saturated heterocycles. The highest BCUT2D eigenvalue weighted by Gasteiger charge is 2.53. The van der Waals surface area contributed by atoms with Crippen LogP contribution in [0.3, 0.4) is 0 Å². The predicted octanol–water partition coefficient (Wildman–Crippen LogP) is 7.57. The lowest BCUT2D eigenvalue weighted by Gasteiger charge is -2.35. The van der Waals surface area contributed by atoms with Gasteiger partial charge < -0.3 is 15.8 Å². The second-order valence-corrected chi connectivity index (χ2v) is 14.2. The van der Waals surface area contributed by atoms with E-state index in [2.05, 4.69) is 32.2 Å². The molecule has 0 aliphatic carbocycles. The van der Waals surface area contributed by atoms with Gasteiger partial charge in [-0.2, -0.15) is 27.8 Å². The number of benzene rings is 2. The fourth-order valence-corrected chi connectivity index (χ4v) is 5.86. The maximum absolute atomic E-state index is 14.8. The molecule has 2 heterocycles. The third-order valence-corrected chi connectivity index (χ3v) is 8.43. The van der Waals surface area contributed by atoms with E-state index < -0.39 is 60.7 Å². The Labute approximate surface area is 306 Å². The molecule has 12 nitrogen and oxygen atoms in total. The molecule has 1 aliphatic rings. The van der Waals surface area contributed by atoms with Gasteiger partial charge in [0.1, 0.15) is 12.9 Å². The van der Waals surface area contributed by atoms with Crippen LogP contribution in [0.1, 0.15) is 64.8 Å². The second-order valence-electron chi connectivity index (χ2n) is 13.8. The van der Waals surface area contributed by atoms with Gasteiger partial charge in [-0.25, -0.2) is 28.3 Å². The van der Waals surface area contributed by atoms with E-state index in [1.807, 2.05) is 20.8 Å². The van der Waals surface area contributed by atoms with Crippen molar-refractivity contribution >= 4 is 48.3 Å². The van der Waals surface area contributed by atoms with Crippen molar-refractivity contribution < 1.29 is 40.7 Å². The first-order chi connectivity index (χ1) is 24.7. The van der Waals surface area contributed by atoms with Crippen LogP contribution in [-0.4, -0.2) is 70.8 Å². The van der Waals surface area contributed by atoms with Gasteiger partial charge in [-0.3, -0.25) is 14.7 Å². The summed E-state index contributed by atoms with van der Waals surface area (Å²) in [5.74, 6) is -1.03. The molecular weight excluding hydrogens is 732 g/mol. The molecule has 0 saturated carbocycles. The molecule has 4 rings (SSSR count). The number of nitrogens with one attached hydrogen (secondary N) is 1. The third-order valence-electron chi connectivity index (χ3n) is 8.11. The number of aromatic nitrogens is 2. The average Bonchev–Trinajstić information content (AvgIpc) is 3.65. The summed E-state index contributed by atoms with van der Waals surface area (Å²) in [6.07, 6.45) is -0.952. The Kier molecular flexibility index (Phi) is 12.2. The van der Waals surface area contributed by atoms with Crippen molar-refractivity contribution in [3.8, 4) is 11.1 Å². The van der Waals surface area contributed by atoms with E-state index in [0.29, 0.717) is 21.4 Å². The number of hydrogen-bond donors (Lipinski definition) is 2. The van der Waals surface area contributed by atoms with Gasteiger partial charge >= 0.3 is 19.2 Å². The molecule has 0 spiro atoms. The summed E-state index contributed by atoms with van der Waals surface area (Å²) in [7, 11) is 0. The van der Waals surface area contributed by atoms with Gasteiger partial charge in [0.25, 0.3) is 12.3 Å². The summed E-state index contributed by atoms with van der Waals surface area (Å²) >= 11 is 6.30. The number of halogens is 7. The standard InChI is InChI=1S/C34H38ClF6N9O3/c1-32(2,3)17-34(22-10-7-19(8-11-22)21-14-44-48(15-21)28(38)39)27(51)49(30(42)46-34)25(16-53-31(52)47-33(4,5)26(36)37)20-9-12-23(35)24(13-20)50(29(40)41)45-18-43-6/h7-15,18,25-26,28-29H,6,16-17H2,1-5H3,(H2,42,46)(H,47,52)/b45-18-/t25-,34-/m1/s1. The fourth-order valence-electron chi connectivity index (χ4n) is 5.66. The monoisotopic (exact) mass is 769 g/mol. The zero-order valence-electron chi connectivity index (χ0n) is 29.3. The summed E-state index contributed by atoms with van der Waals surface area (Å²) in [5.41, 5.74) is 3.27. The molecule has 0 bridgehead atoms. The summed E-state index contributed by atoms with van der Waals surface area (Å²) in [6, 6.07) is 8.82. The molecule has 0 fully saturated rings. The minimum absolute atomic E-state index is 0.0715. The maximum Gasteiger partial charge on any atom is 0.407 e. The number of amides is 2. The molecule has 3 N–H and O–H groups in total. The highest BCUT2D eigenvalue weighted by atomic mass is 35.5. The number of hydrogen-bond acceptors (Lipinski definition) is 8. The molecule has 0 radical (unpaired) electrons. The molecule has 286 valence electrons. The first kappa shape index (κ1) is 40.6. The van der Waals surface area contributed by atoms with Gasteiger partial charge in [0.2, 0.25) is 0 Å². The van der Waals surface area contributed by atoms with Gasteiger partial charge in [0.05, 0.1) is 28.5 Å². The smallest absolute Gasteiger partial charge is 0.407 e. The minimum atomic E-state index is -3.22. The lowest BCUT2D eigenvalue weighted by Crippen LogP contribution is -2.50. The van der Waals surface area contributed by atoms with Gasteiger partial charge in [-0.1, -0.05) is 62.7 Å². The highest BCUT2D eigenvalue weighted by molar-refractivity contribution is 6.33. The number of nitrogens with two attached hydrogens (primary N) is 1. The summed E-state index contributed by atoms with van der Waals surface area (Å²) < 4.78 is 87.6. The van der Waals surface area contributed by atoms with E-state index in [1.54, 1.807) is 24.3 Å². The van der Waals surface area contributed by atoms with Gasteiger partial charge in [-0.15, -0.1) is 0 Å². The van der Waals surface area contributed by atoms with E-state index in [-0.39, 0.29) is 33.7 Å². The number of rotatable bonds is 14. The van der Waals surface area contributed by atoms with Crippen LogP contribution >= 0.6 is 11.6 Å². The molecule has 2 amide bonds. The van der Waals surface area contributed by atoms with Gasteiger partial charge in [0, 0.05) is 11.8 Å². The minimum Gasteiger partial charge on any atom is -0.447 e. The number of carbonyl (C=O) groups is 2. The van der Waals surface area contributed by atoms with Crippen LogP contribution in [0, 0.1) is 5.41 Å². The summed E-state index contributed by atoms with van der Waals surface area (Å²) in [6.45, 7) is 4.15. The molecule has 2 atom stereocenters. The Morgan fingerprint density at radius 3 is 2.30 bits per heavy atom. The van der Waals surface area contributed by atoms with Crippen LogP contribution in [0.4, 0.5) is 36.8 Å². The Morgan fingerprint density at radius 1 is 1.09 bits per heavy atom. The molecule has 0 unspecified atom stereocenters. The fraction of sp³-hybridized carbons (Fsp3) is 0.412. The van der Waals surface area contributed by atoms with Crippen molar-refractivity contribution in [1.29, 1.82) is 0 Å². The van der Waals surface area contributed by atoms with Crippen LogP contribution in [0.2, 0.25) is 5.02 Å². The van der Waals surface area contributed by atoms with E-state index in [4.69, 9.17) is 22.1 Å². The Bertz CT molecular complexity index is 1860. The van der Waals surface area contributed by atoms with E-state index in [0.717, 1.165) is 25.1 Å². The third kappa shape index (κ3) is 9.09. The lowest BCUT2D eigenvalue weighted by molar-refractivity contribution is -0.135. The number of guanidine groups is 1. The van der Waals surface area contributed by atoms with Crippen molar-refractivity contribution in [3.05, 3.63) is 71.0 Å². The number of nitrogens with zero attached hydrogens (tertiary/aromatic N) is 7. The number of anilines is 1. The van der Waals surface area contributed by atoms with Crippen LogP contribution in [-0.2, 0) is 15.1 Å². The zero-order chi connectivity index (χ0) is 39.5. The first-order valence-corrected chi connectivity index (χ1v) is 16.3. The van der Waals surface area contributed by atoms with Crippen molar-refractivity contribution in [2.75, 3.05) is 11.6 Å². The molecule has 1 aromatic heterocycles. The molecule has 1 aliphatic heterocycles. The van der Waals surface area contributed by atoms with Crippen LogP contribution in [0.5, 0.6) is 0 Å². The number of alkyl carbamates (subject to hydrolysis) is 1. The van der Waals surface area contributed by atoms with Crippen molar-refractivity contribution in [2.45, 2.75) is 77.7 Å². The number of aliphatic imine (C=N–C) groups is 2. The molecule has 53 heavy (non-hydrogen) atoms. The zero-order valence-corrected chi connectivity index (χ0v) is 30.0.